The number of benzene rings is 2. The van der Waals surface area contributed by atoms with Gasteiger partial charge in [-0.05, 0) is 48.7 Å². The van der Waals surface area contributed by atoms with Gasteiger partial charge in [0.25, 0.3) is 5.91 Å². The third kappa shape index (κ3) is 3.25. The van der Waals surface area contributed by atoms with E-state index in [2.05, 4.69) is 5.32 Å². The number of anilines is 1. The van der Waals surface area contributed by atoms with Gasteiger partial charge in [-0.3, -0.25) is 4.79 Å². The summed E-state index contributed by atoms with van der Waals surface area (Å²) in [4.78, 5) is 23.2. The molecule has 114 valence electrons. The van der Waals surface area contributed by atoms with Crippen LogP contribution in [0.3, 0.4) is 0 Å². The molecule has 2 aromatic rings. The van der Waals surface area contributed by atoms with Gasteiger partial charge in [0.2, 0.25) is 0 Å². The molecule has 0 aliphatic heterocycles. The molecule has 0 heterocycles. The van der Waals surface area contributed by atoms with Crippen LogP contribution in [-0.4, -0.2) is 22.1 Å². The summed E-state index contributed by atoms with van der Waals surface area (Å²) >= 11 is 0. The smallest absolute Gasteiger partial charge is 0.339 e. The minimum absolute atomic E-state index is 0.239. The number of phenols is 1. The number of carbonyl (C=O) groups excluding carboxylic acids is 1. The van der Waals surface area contributed by atoms with Gasteiger partial charge in [0.15, 0.2) is 0 Å². The minimum Gasteiger partial charge on any atom is -0.507 e. The third-order valence-electron chi connectivity index (χ3n) is 3.41. The molecular weight excluding hydrogens is 282 g/mol. The van der Waals surface area contributed by atoms with Crippen LogP contribution in [-0.2, 0) is 6.42 Å². The Morgan fingerprint density at radius 2 is 1.77 bits per heavy atom. The summed E-state index contributed by atoms with van der Waals surface area (Å²) in [5.74, 6) is -1.87. The van der Waals surface area contributed by atoms with Gasteiger partial charge < -0.3 is 15.5 Å². The van der Waals surface area contributed by atoms with Gasteiger partial charge >= 0.3 is 5.97 Å². The second-order valence-electron chi connectivity index (χ2n) is 5.00. The Balaban J connectivity index is 2.26. The largest absolute Gasteiger partial charge is 0.507 e. The first-order valence-electron chi connectivity index (χ1n) is 6.89. The zero-order valence-corrected chi connectivity index (χ0v) is 12.4. The van der Waals surface area contributed by atoms with Gasteiger partial charge in [0, 0.05) is 11.3 Å². The van der Waals surface area contributed by atoms with E-state index >= 15 is 0 Å². The van der Waals surface area contributed by atoms with Crippen molar-refractivity contribution in [2.24, 2.45) is 0 Å². The van der Waals surface area contributed by atoms with E-state index in [1.807, 2.05) is 19.1 Å². The zero-order valence-electron chi connectivity index (χ0n) is 12.4. The molecule has 0 saturated heterocycles. The molecule has 5 heteroatoms. The number of aromatic carboxylic acids is 1. The number of carbonyl (C=O) groups is 2. The van der Waals surface area contributed by atoms with Crippen LogP contribution in [0.4, 0.5) is 5.69 Å². The second-order valence-corrected chi connectivity index (χ2v) is 5.00. The average Bonchev–Trinajstić information content (AvgIpc) is 2.50. The first-order chi connectivity index (χ1) is 10.4. The molecule has 0 unspecified atom stereocenters. The van der Waals surface area contributed by atoms with Crippen molar-refractivity contribution in [1.82, 2.24) is 0 Å². The number of aryl methyl sites for hydroxylation is 2. The van der Waals surface area contributed by atoms with Crippen molar-refractivity contribution < 1.29 is 19.8 Å². The van der Waals surface area contributed by atoms with Gasteiger partial charge in [-0.2, -0.15) is 0 Å². The molecule has 0 bridgehead atoms. The molecule has 2 aromatic carbocycles. The van der Waals surface area contributed by atoms with Crippen molar-refractivity contribution in [3.63, 3.8) is 0 Å². The quantitative estimate of drug-likeness (QED) is 0.757. The number of hydrogen-bond donors (Lipinski definition) is 3. The van der Waals surface area contributed by atoms with Gasteiger partial charge in [0.1, 0.15) is 11.3 Å². The van der Waals surface area contributed by atoms with Crippen molar-refractivity contribution in [1.29, 1.82) is 0 Å². The maximum Gasteiger partial charge on any atom is 0.339 e. The Morgan fingerprint density at radius 3 is 2.32 bits per heavy atom. The lowest BCUT2D eigenvalue weighted by atomic mass is 10.1. The summed E-state index contributed by atoms with van der Waals surface area (Å²) in [6.07, 6.45) is 0.890. The average molecular weight is 299 g/mol. The molecule has 3 N–H and O–H groups in total. The number of rotatable bonds is 4. The Morgan fingerprint density at radius 1 is 1.14 bits per heavy atom. The Hall–Kier alpha value is -2.82. The van der Waals surface area contributed by atoms with E-state index in [0.717, 1.165) is 12.0 Å². The van der Waals surface area contributed by atoms with E-state index in [4.69, 9.17) is 5.11 Å². The Kier molecular flexibility index (Phi) is 4.46. The first kappa shape index (κ1) is 15.6. The molecule has 0 atom stereocenters. The highest BCUT2D eigenvalue weighted by Crippen LogP contribution is 2.26. The normalized spacial score (nSPS) is 10.3. The molecule has 0 radical (unpaired) electrons. The number of aromatic hydroxyl groups is 1. The van der Waals surface area contributed by atoms with E-state index in [1.165, 1.54) is 12.1 Å². The van der Waals surface area contributed by atoms with E-state index in [0.29, 0.717) is 16.8 Å². The lowest BCUT2D eigenvalue weighted by Crippen LogP contribution is -2.13. The fourth-order valence-electron chi connectivity index (χ4n) is 2.11. The maximum absolute atomic E-state index is 12.2. The molecule has 22 heavy (non-hydrogen) atoms. The van der Waals surface area contributed by atoms with Gasteiger partial charge in [-0.15, -0.1) is 0 Å². The van der Waals surface area contributed by atoms with Crippen molar-refractivity contribution in [3.05, 3.63) is 58.7 Å². The minimum atomic E-state index is -1.25. The van der Waals surface area contributed by atoms with E-state index in [-0.39, 0.29) is 17.2 Å². The van der Waals surface area contributed by atoms with Crippen molar-refractivity contribution in [3.8, 4) is 5.75 Å². The highest BCUT2D eigenvalue weighted by Gasteiger charge is 2.15. The zero-order chi connectivity index (χ0) is 16.3. The van der Waals surface area contributed by atoms with Gasteiger partial charge in [0.05, 0.1) is 0 Å². The third-order valence-corrected chi connectivity index (χ3v) is 3.41. The Labute approximate surface area is 128 Å². The number of hydrogen-bond acceptors (Lipinski definition) is 3. The summed E-state index contributed by atoms with van der Waals surface area (Å²) < 4.78 is 0. The van der Waals surface area contributed by atoms with Crippen LogP contribution in [0.1, 0.15) is 38.8 Å². The molecular formula is C17H17NO4. The lowest BCUT2D eigenvalue weighted by molar-refractivity contribution is 0.0693. The van der Waals surface area contributed by atoms with Gasteiger partial charge in [-0.25, -0.2) is 4.79 Å². The second kappa shape index (κ2) is 6.30. The number of carboxylic acids is 1. The summed E-state index contributed by atoms with van der Waals surface area (Å²) in [7, 11) is 0. The van der Waals surface area contributed by atoms with Crippen LogP contribution in [0.15, 0.2) is 36.4 Å². The molecule has 0 saturated carbocycles. The van der Waals surface area contributed by atoms with Crippen LogP contribution in [0.25, 0.3) is 0 Å². The van der Waals surface area contributed by atoms with E-state index in [9.17, 15) is 14.7 Å². The van der Waals surface area contributed by atoms with E-state index in [1.54, 1.807) is 19.1 Å². The summed E-state index contributed by atoms with van der Waals surface area (Å²) in [5.41, 5.74) is 2.09. The molecule has 1 amide bonds. The summed E-state index contributed by atoms with van der Waals surface area (Å²) in [5, 5.41) is 21.4. The van der Waals surface area contributed by atoms with E-state index < -0.39 is 5.97 Å². The molecule has 2 rings (SSSR count). The monoisotopic (exact) mass is 299 g/mol. The van der Waals surface area contributed by atoms with Crippen molar-refractivity contribution in [2.45, 2.75) is 20.3 Å². The highest BCUT2D eigenvalue weighted by molar-refractivity contribution is 6.05. The van der Waals surface area contributed by atoms with Crippen molar-refractivity contribution in [2.75, 3.05) is 5.32 Å². The fourth-order valence-corrected chi connectivity index (χ4v) is 2.11. The molecule has 0 aliphatic rings. The van der Waals surface area contributed by atoms with Crippen LogP contribution >= 0.6 is 0 Å². The van der Waals surface area contributed by atoms with Crippen LogP contribution in [0.5, 0.6) is 5.75 Å². The number of carboxylic acid groups (broad SMARTS) is 1. The predicted molar refractivity (Wildman–Crippen MR) is 83.6 cm³/mol. The standard InChI is InChI=1S/C17H17NO4/c1-3-11-4-6-12(7-5-11)16(20)18-13-8-10(2)15(19)14(9-13)17(21)22/h4-9,19H,3H2,1-2H3,(H,18,20)(H,21,22). The Bertz CT molecular complexity index is 720. The lowest BCUT2D eigenvalue weighted by Gasteiger charge is -2.10. The van der Waals surface area contributed by atoms with Crippen LogP contribution in [0.2, 0.25) is 0 Å². The molecule has 5 nitrogen and oxygen atoms in total. The molecule has 0 aliphatic carbocycles. The topological polar surface area (TPSA) is 86.6 Å². The van der Waals surface area contributed by atoms with Crippen molar-refractivity contribution >= 4 is 17.6 Å². The van der Waals surface area contributed by atoms with Crippen LogP contribution in [0, 0.1) is 6.92 Å². The highest BCUT2D eigenvalue weighted by atomic mass is 16.4. The first-order valence-corrected chi connectivity index (χ1v) is 6.89. The maximum atomic E-state index is 12.2. The summed E-state index contributed by atoms with van der Waals surface area (Å²) in [6.45, 7) is 3.61. The molecule has 0 aromatic heterocycles. The number of amides is 1. The molecule has 0 fully saturated rings. The predicted octanol–water partition coefficient (Wildman–Crippen LogP) is 3.21. The summed E-state index contributed by atoms with van der Waals surface area (Å²) in [6, 6.07) is 9.96. The van der Waals surface area contributed by atoms with Crippen LogP contribution < -0.4 is 5.32 Å². The fraction of sp³-hybridized carbons (Fsp3) is 0.176. The number of nitrogens with one attached hydrogen (secondary N) is 1. The SMILES string of the molecule is CCc1ccc(C(=O)Nc2cc(C)c(O)c(C(=O)O)c2)cc1. The molecule has 0 spiro atoms. The van der Waals surface area contributed by atoms with Gasteiger partial charge in [-0.1, -0.05) is 19.1 Å².